The molecule has 0 spiro atoms. The molecule has 2 aromatic carbocycles. The predicted octanol–water partition coefficient (Wildman–Crippen LogP) is 4.80. The number of rotatable bonds is 8. The van der Waals surface area contributed by atoms with Gasteiger partial charge in [-0.1, -0.05) is 32.0 Å². The minimum Gasteiger partial charge on any atom is -0.507 e. The van der Waals surface area contributed by atoms with Gasteiger partial charge in [-0.2, -0.15) is 0 Å². The van der Waals surface area contributed by atoms with Gasteiger partial charge in [0.25, 0.3) is 11.7 Å². The average molecular weight is 490 g/mol. The van der Waals surface area contributed by atoms with Crippen LogP contribution in [0.25, 0.3) is 16.7 Å². The summed E-state index contributed by atoms with van der Waals surface area (Å²) in [6.07, 6.45) is 0. The molecule has 0 bridgehead atoms. The van der Waals surface area contributed by atoms with Crippen molar-refractivity contribution >= 4 is 28.4 Å². The van der Waals surface area contributed by atoms with Crippen LogP contribution in [0, 0.1) is 19.8 Å². The number of likely N-dealkylation sites (tertiary alicyclic amines) is 1. The molecule has 1 saturated heterocycles. The molecule has 1 atom stereocenters. The third-order valence-electron chi connectivity index (χ3n) is 6.57. The van der Waals surface area contributed by atoms with Gasteiger partial charge in [0.05, 0.1) is 18.2 Å². The Hall–Kier alpha value is -3.58. The van der Waals surface area contributed by atoms with E-state index in [0.717, 1.165) is 33.5 Å². The number of nitrogens with zero attached hydrogens (tertiary/aromatic N) is 2. The van der Waals surface area contributed by atoms with Gasteiger partial charge in [-0.25, -0.2) is 0 Å². The maximum Gasteiger partial charge on any atom is 0.295 e. The maximum atomic E-state index is 13.4. The molecule has 1 aliphatic heterocycles. The van der Waals surface area contributed by atoms with Gasteiger partial charge in [-0.15, -0.1) is 0 Å². The number of likely N-dealkylation sites (N-methyl/N-ethyl adjacent to an activating group) is 1. The molecule has 3 aromatic rings. The highest BCUT2D eigenvalue weighted by atomic mass is 16.5. The summed E-state index contributed by atoms with van der Waals surface area (Å²) in [6, 6.07) is 12.5. The van der Waals surface area contributed by atoms with E-state index in [9.17, 15) is 14.7 Å². The number of hydrogen-bond donors (Lipinski definition) is 2. The molecular weight excluding hydrogens is 454 g/mol. The number of hydrogen-bond acceptors (Lipinski definition) is 5. The van der Waals surface area contributed by atoms with Gasteiger partial charge in [-0.3, -0.25) is 9.59 Å². The molecule has 1 amide bonds. The first-order valence-corrected chi connectivity index (χ1v) is 12.3. The van der Waals surface area contributed by atoms with Gasteiger partial charge in [0.15, 0.2) is 0 Å². The molecule has 1 aliphatic rings. The van der Waals surface area contributed by atoms with Crippen LogP contribution >= 0.6 is 0 Å². The van der Waals surface area contributed by atoms with Crippen molar-refractivity contribution in [2.75, 3.05) is 33.8 Å². The van der Waals surface area contributed by atoms with Crippen LogP contribution in [-0.2, 0) is 9.59 Å². The summed E-state index contributed by atoms with van der Waals surface area (Å²) in [4.78, 5) is 33.6. The van der Waals surface area contributed by atoms with E-state index in [0.29, 0.717) is 31.2 Å². The topological polar surface area (TPSA) is 85.9 Å². The molecule has 36 heavy (non-hydrogen) atoms. The second kappa shape index (κ2) is 10.2. The fourth-order valence-corrected chi connectivity index (χ4v) is 4.74. The Morgan fingerprint density at radius 3 is 2.53 bits per heavy atom. The van der Waals surface area contributed by atoms with Crippen molar-refractivity contribution in [3.05, 3.63) is 70.4 Å². The smallest absolute Gasteiger partial charge is 0.295 e. The number of Topliss-reactive ketones (excluding diaryl/α,β-unsaturated/α-hetero) is 1. The van der Waals surface area contributed by atoms with Crippen molar-refractivity contribution in [2.45, 2.75) is 33.7 Å². The van der Waals surface area contributed by atoms with Gasteiger partial charge >= 0.3 is 0 Å². The van der Waals surface area contributed by atoms with Gasteiger partial charge in [0, 0.05) is 40.8 Å². The summed E-state index contributed by atoms with van der Waals surface area (Å²) in [6.45, 7) is 9.54. The lowest BCUT2D eigenvalue weighted by Crippen LogP contribution is -2.35. The molecule has 1 aromatic heterocycles. The van der Waals surface area contributed by atoms with E-state index in [4.69, 9.17) is 4.74 Å². The van der Waals surface area contributed by atoms with Crippen molar-refractivity contribution in [1.82, 2.24) is 14.8 Å². The van der Waals surface area contributed by atoms with Crippen molar-refractivity contribution in [3.63, 3.8) is 0 Å². The highest BCUT2D eigenvalue weighted by Crippen LogP contribution is 2.43. The zero-order chi connectivity index (χ0) is 26.1. The van der Waals surface area contributed by atoms with Crippen LogP contribution in [0.3, 0.4) is 0 Å². The Bertz CT molecular complexity index is 1340. The number of amides is 1. The Morgan fingerprint density at radius 2 is 1.86 bits per heavy atom. The molecule has 190 valence electrons. The zero-order valence-corrected chi connectivity index (χ0v) is 21.9. The first-order chi connectivity index (χ1) is 17.1. The SMILES string of the molecule is Cc1cc(/C(O)=C2\C(=O)C(=O)N(CCN(C)C)C2c2c(C)[nH]c3ccccc23)ccc1OCC(C)C. The number of benzene rings is 2. The number of H-pyrrole nitrogens is 1. The Kier molecular flexibility index (Phi) is 7.22. The number of aryl methyl sites for hydroxylation is 2. The van der Waals surface area contributed by atoms with E-state index >= 15 is 0 Å². The van der Waals surface area contributed by atoms with E-state index in [1.807, 2.05) is 57.1 Å². The number of fused-ring (bicyclic) bond motifs is 1. The van der Waals surface area contributed by atoms with E-state index in [-0.39, 0.29) is 11.3 Å². The Labute approximate surface area is 212 Å². The fourth-order valence-electron chi connectivity index (χ4n) is 4.74. The normalized spacial score (nSPS) is 17.7. The molecule has 2 heterocycles. The summed E-state index contributed by atoms with van der Waals surface area (Å²) < 4.78 is 5.88. The number of aliphatic hydroxyl groups excluding tert-OH is 1. The molecule has 2 N–H and O–H groups in total. The van der Waals surface area contributed by atoms with Gasteiger partial charge in [-0.05, 0) is 63.7 Å². The van der Waals surface area contributed by atoms with Crippen LogP contribution < -0.4 is 4.74 Å². The summed E-state index contributed by atoms with van der Waals surface area (Å²) in [5, 5.41) is 12.4. The van der Waals surface area contributed by atoms with Crippen LogP contribution in [0.5, 0.6) is 5.75 Å². The molecule has 1 fully saturated rings. The van der Waals surface area contributed by atoms with Crippen molar-refractivity contribution in [2.24, 2.45) is 5.92 Å². The summed E-state index contributed by atoms with van der Waals surface area (Å²) in [5.74, 6) is -0.319. The average Bonchev–Trinajstić information content (AvgIpc) is 3.28. The number of nitrogens with one attached hydrogen (secondary N) is 1. The highest BCUT2D eigenvalue weighted by Gasteiger charge is 2.47. The molecular formula is C29H35N3O4. The van der Waals surface area contributed by atoms with E-state index < -0.39 is 17.7 Å². The van der Waals surface area contributed by atoms with Crippen LogP contribution in [-0.4, -0.2) is 65.4 Å². The number of aromatic nitrogens is 1. The molecule has 7 nitrogen and oxygen atoms in total. The fraction of sp³-hybridized carbons (Fsp3) is 0.379. The summed E-state index contributed by atoms with van der Waals surface area (Å²) >= 11 is 0. The van der Waals surface area contributed by atoms with Crippen molar-refractivity contribution in [3.8, 4) is 5.75 Å². The molecule has 4 rings (SSSR count). The molecule has 0 radical (unpaired) electrons. The standard InChI is InChI=1S/C29H35N3O4/c1-17(2)16-36-23-12-11-20(15-18(23)3)27(33)25-26(32(14-13-31(5)6)29(35)28(25)34)24-19(4)30-22-10-8-7-9-21(22)24/h7-12,15,17,26,30,33H,13-14,16H2,1-6H3/b27-25+. The minimum absolute atomic E-state index is 0.113. The number of carbonyl (C=O) groups excluding carboxylic acids is 2. The second-order valence-electron chi connectivity index (χ2n) is 10.2. The second-order valence-corrected chi connectivity index (χ2v) is 10.2. The first-order valence-electron chi connectivity index (χ1n) is 12.3. The number of carbonyl (C=O) groups is 2. The Balaban J connectivity index is 1.86. The van der Waals surface area contributed by atoms with Gasteiger partial charge in [0.1, 0.15) is 11.5 Å². The van der Waals surface area contributed by atoms with Gasteiger partial charge < -0.3 is 24.6 Å². The van der Waals surface area contributed by atoms with Crippen molar-refractivity contribution < 1.29 is 19.4 Å². The largest absolute Gasteiger partial charge is 0.507 e. The zero-order valence-electron chi connectivity index (χ0n) is 21.9. The van der Waals surface area contributed by atoms with E-state index in [1.54, 1.807) is 23.1 Å². The van der Waals surface area contributed by atoms with Crippen LogP contribution in [0.2, 0.25) is 0 Å². The quantitative estimate of drug-likeness (QED) is 0.270. The van der Waals surface area contributed by atoms with Gasteiger partial charge in [0.2, 0.25) is 0 Å². The number of aromatic amines is 1. The lowest BCUT2D eigenvalue weighted by Gasteiger charge is -2.27. The lowest BCUT2D eigenvalue weighted by atomic mass is 9.93. The monoisotopic (exact) mass is 489 g/mol. The minimum atomic E-state index is -0.696. The third-order valence-corrected chi connectivity index (χ3v) is 6.57. The molecule has 1 unspecified atom stereocenters. The van der Waals surface area contributed by atoms with Crippen LogP contribution in [0.4, 0.5) is 0 Å². The number of aliphatic hydroxyl groups is 1. The highest BCUT2D eigenvalue weighted by molar-refractivity contribution is 6.46. The third kappa shape index (κ3) is 4.75. The van der Waals surface area contributed by atoms with E-state index in [1.165, 1.54) is 0 Å². The predicted molar refractivity (Wildman–Crippen MR) is 142 cm³/mol. The molecule has 7 heteroatoms. The van der Waals surface area contributed by atoms with Crippen LogP contribution in [0.1, 0.15) is 42.3 Å². The van der Waals surface area contributed by atoms with E-state index in [2.05, 4.69) is 18.8 Å². The number of ketones is 1. The Morgan fingerprint density at radius 1 is 1.14 bits per heavy atom. The molecule has 0 saturated carbocycles. The first kappa shape index (κ1) is 25.5. The van der Waals surface area contributed by atoms with Crippen LogP contribution in [0.15, 0.2) is 48.0 Å². The summed E-state index contributed by atoms with van der Waals surface area (Å²) in [5.41, 5.74) is 4.06. The number of para-hydroxylation sites is 1. The number of ether oxygens (including phenoxy) is 1. The molecule has 0 aliphatic carbocycles. The van der Waals surface area contributed by atoms with Crippen molar-refractivity contribution in [1.29, 1.82) is 0 Å². The lowest BCUT2D eigenvalue weighted by molar-refractivity contribution is -0.140. The summed E-state index contributed by atoms with van der Waals surface area (Å²) in [7, 11) is 3.85. The maximum absolute atomic E-state index is 13.4.